The van der Waals surface area contributed by atoms with Crippen molar-refractivity contribution >= 4 is 27.5 Å². The van der Waals surface area contributed by atoms with Gasteiger partial charge in [0.25, 0.3) is 0 Å². The van der Waals surface area contributed by atoms with Gasteiger partial charge in [-0.05, 0) is 48.9 Å². The second-order valence-corrected chi connectivity index (χ2v) is 11.2. The van der Waals surface area contributed by atoms with Crippen LogP contribution in [0, 0.1) is 0 Å². The van der Waals surface area contributed by atoms with Crippen LogP contribution in [0.4, 0.5) is 5.69 Å². The summed E-state index contributed by atoms with van der Waals surface area (Å²) in [5, 5.41) is 2.97. The first-order chi connectivity index (χ1) is 16.5. The van der Waals surface area contributed by atoms with Gasteiger partial charge in [0.15, 0.2) is 0 Å². The van der Waals surface area contributed by atoms with Crippen molar-refractivity contribution in [3.8, 4) is 0 Å². The molecule has 192 valence electrons. The highest BCUT2D eigenvalue weighted by atomic mass is 32.2. The third-order valence-corrected chi connectivity index (χ3v) is 7.25. The molecule has 0 fully saturated rings. The Morgan fingerprint density at radius 1 is 0.914 bits per heavy atom. The van der Waals surface area contributed by atoms with E-state index >= 15 is 0 Å². The van der Waals surface area contributed by atoms with E-state index in [9.17, 15) is 18.0 Å². The van der Waals surface area contributed by atoms with E-state index in [-0.39, 0.29) is 25.0 Å². The van der Waals surface area contributed by atoms with E-state index < -0.39 is 22.0 Å². The lowest BCUT2D eigenvalue weighted by Crippen LogP contribution is -2.53. The molecule has 8 heteroatoms. The quantitative estimate of drug-likeness (QED) is 0.470. The summed E-state index contributed by atoms with van der Waals surface area (Å²) >= 11 is 0. The largest absolute Gasteiger partial charge is 0.352 e. The number of anilines is 1. The summed E-state index contributed by atoms with van der Waals surface area (Å²) in [6.45, 7) is 9.68. The molecule has 0 bridgehead atoms. The zero-order chi connectivity index (χ0) is 26.2. The molecule has 0 aromatic heterocycles. The normalized spacial score (nSPS) is 13.2. The van der Waals surface area contributed by atoms with Crippen LogP contribution in [0.25, 0.3) is 0 Å². The van der Waals surface area contributed by atoms with E-state index in [1.807, 2.05) is 63.2 Å². The average Bonchev–Trinajstić information content (AvgIpc) is 2.82. The number of benzene rings is 2. The van der Waals surface area contributed by atoms with E-state index in [2.05, 4.69) is 19.2 Å². The molecule has 2 amide bonds. The minimum atomic E-state index is -3.74. The molecule has 0 radical (unpaired) electrons. The molecule has 0 saturated heterocycles. The van der Waals surface area contributed by atoms with E-state index in [0.717, 1.165) is 28.1 Å². The molecule has 7 nitrogen and oxygen atoms in total. The zero-order valence-corrected chi connectivity index (χ0v) is 22.5. The van der Waals surface area contributed by atoms with Crippen molar-refractivity contribution in [2.75, 3.05) is 17.1 Å². The van der Waals surface area contributed by atoms with E-state index in [0.29, 0.717) is 18.0 Å². The molecule has 0 aliphatic rings. The van der Waals surface area contributed by atoms with Crippen LogP contribution in [0.2, 0.25) is 0 Å². The molecule has 0 heterocycles. The molecule has 0 aliphatic carbocycles. The summed E-state index contributed by atoms with van der Waals surface area (Å²) in [5.74, 6) is -0.371. The Morgan fingerprint density at radius 2 is 1.51 bits per heavy atom. The van der Waals surface area contributed by atoms with Gasteiger partial charge in [-0.2, -0.15) is 0 Å². The summed E-state index contributed by atoms with van der Waals surface area (Å²) < 4.78 is 26.5. The van der Waals surface area contributed by atoms with E-state index in [4.69, 9.17) is 0 Å². The fourth-order valence-corrected chi connectivity index (χ4v) is 4.63. The monoisotopic (exact) mass is 501 g/mol. The maximum Gasteiger partial charge on any atom is 0.244 e. The molecular weight excluding hydrogens is 462 g/mol. The predicted octanol–water partition coefficient (Wildman–Crippen LogP) is 4.30. The zero-order valence-electron chi connectivity index (χ0n) is 21.7. The number of nitrogens with one attached hydrogen (secondary N) is 1. The Balaban J connectivity index is 2.40. The lowest BCUT2D eigenvalue weighted by Gasteiger charge is -2.33. The maximum atomic E-state index is 13.7. The number of rotatable bonds is 12. The Kier molecular flexibility index (Phi) is 10.3. The Labute approximate surface area is 210 Å². The molecular formula is C27H39N3O4S. The number of carbonyl (C=O) groups is 2. The van der Waals surface area contributed by atoms with Crippen molar-refractivity contribution < 1.29 is 18.0 Å². The van der Waals surface area contributed by atoms with Crippen LogP contribution in [0.3, 0.4) is 0 Å². The highest BCUT2D eigenvalue weighted by Gasteiger charge is 2.32. The maximum absolute atomic E-state index is 13.7. The molecule has 2 atom stereocenters. The van der Waals surface area contributed by atoms with Crippen molar-refractivity contribution in [1.29, 1.82) is 0 Å². The average molecular weight is 502 g/mol. The van der Waals surface area contributed by atoms with Gasteiger partial charge >= 0.3 is 0 Å². The fraction of sp³-hybridized carbons (Fsp3) is 0.481. The second-order valence-electron chi connectivity index (χ2n) is 9.27. The van der Waals surface area contributed by atoms with Crippen LogP contribution in [0.1, 0.15) is 64.5 Å². The molecule has 0 unspecified atom stereocenters. The van der Waals surface area contributed by atoms with Crippen LogP contribution in [-0.4, -0.2) is 50.0 Å². The minimum Gasteiger partial charge on any atom is -0.352 e. The number of carbonyl (C=O) groups excluding carboxylic acids is 2. The van der Waals surface area contributed by atoms with Gasteiger partial charge in [0, 0.05) is 12.6 Å². The van der Waals surface area contributed by atoms with Crippen LogP contribution in [0.15, 0.2) is 54.6 Å². The Hall–Kier alpha value is -2.87. The van der Waals surface area contributed by atoms with Crippen LogP contribution >= 0.6 is 0 Å². The lowest BCUT2D eigenvalue weighted by molar-refractivity contribution is -0.140. The molecule has 2 aromatic carbocycles. The lowest BCUT2D eigenvalue weighted by atomic mass is 10.0. The molecule has 2 rings (SSSR count). The summed E-state index contributed by atoms with van der Waals surface area (Å²) in [4.78, 5) is 28.2. The first kappa shape index (κ1) is 28.4. The minimum absolute atomic E-state index is 0.0304. The standard InChI is InChI=1S/C27H39N3O4S/c1-7-21(5)28-27(32)25(8-2)29(18-22-12-10-9-11-13-22)26(31)19-30(35(6,33)34)24-16-14-23(15-17-24)20(3)4/h9-17,20-21,25H,7-8,18-19H2,1-6H3,(H,28,32)/t21-,25+/m1/s1. The van der Waals surface area contributed by atoms with Gasteiger partial charge in [-0.1, -0.05) is 70.2 Å². The molecule has 1 N–H and O–H groups in total. The van der Waals surface area contributed by atoms with Gasteiger partial charge in [0.2, 0.25) is 21.8 Å². The molecule has 2 aromatic rings. The van der Waals surface area contributed by atoms with Crippen molar-refractivity contribution in [1.82, 2.24) is 10.2 Å². The van der Waals surface area contributed by atoms with E-state index in [1.54, 1.807) is 12.1 Å². The van der Waals surface area contributed by atoms with Crippen molar-refractivity contribution in [3.05, 3.63) is 65.7 Å². The van der Waals surface area contributed by atoms with Crippen LogP contribution in [0.5, 0.6) is 0 Å². The summed E-state index contributed by atoms with van der Waals surface area (Å²) in [6, 6.07) is 15.8. The van der Waals surface area contributed by atoms with Crippen LogP contribution in [-0.2, 0) is 26.2 Å². The number of amides is 2. The highest BCUT2D eigenvalue weighted by Crippen LogP contribution is 2.23. The van der Waals surface area contributed by atoms with Gasteiger partial charge < -0.3 is 10.2 Å². The fourth-order valence-electron chi connectivity index (χ4n) is 3.78. The predicted molar refractivity (Wildman–Crippen MR) is 142 cm³/mol. The van der Waals surface area contributed by atoms with Crippen molar-refractivity contribution in [3.63, 3.8) is 0 Å². The number of hydrogen-bond donors (Lipinski definition) is 1. The van der Waals surface area contributed by atoms with Gasteiger partial charge in [-0.15, -0.1) is 0 Å². The molecule has 0 aliphatic heterocycles. The summed E-state index contributed by atoms with van der Waals surface area (Å²) in [5.41, 5.74) is 2.36. The van der Waals surface area contributed by atoms with Gasteiger partial charge in [0.1, 0.15) is 12.6 Å². The number of nitrogens with zero attached hydrogens (tertiary/aromatic N) is 2. The SMILES string of the molecule is CC[C@@H](C)NC(=O)[C@H](CC)N(Cc1ccccc1)C(=O)CN(c1ccc(C(C)C)cc1)S(C)(=O)=O. The number of hydrogen-bond acceptors (Lipinski definition) is 4. The van der Waals surface area contributed by atoms with Crippen LogP contribution < -0.4 is 9.62 Å². The van der Waals surface area contributed by atoms with Gasteiger partial charge in [-0.3, -0.25) is 13.9 Å². The first-order valence-corrected chi connectivity index (χ1v) is 14.0. The summed E-state index contributed by atoms with van der Waals surface area (Å²) in [7, 11) is -3.74. The number of sulfonamides is 1. The topological polar surface area (TPSA) is 86.8 Å². The Bertz CT molecular complexity index is 1070. The highest BCUT2D eigenvalue weighted by molar-refractivity contribution is 7.92. The molecule has 0 saturated carbocycles. The second kappa shape index (κ2) is 12.7. The van der Waals surface area contributed by atoms with Gasteiger partial charge in [0.05, 0.1) is 11.9 Å². The van der Waals surface area contributed by atoms with Gasteiger partial charge in [-0.25, -0.2) is 8.42 Å². The third kappa shape index (κ3) is 8.09. The Morgan fingerprint density at radius 3 is 2.00 bits per heavy atom. The third-order valence-electron chi connectivity index (χ3n) is 6.11. The summed E-state index contributed by atoms with van der Waals surface area (Å²) in [6.07, 6.45) is 2.26. The van der Waals surface area contributed by atoms with E-state index in [1.165, 1.54) is 4.90 Å². The molecule has 0 spiro atoms. The molecule has 35 heavy (non-hydrogen) atoms. The van der Waals surface area contributed by atoms with Crippen molar-refractivity contribution in [2.24, 2.45) is 0 Å². The first-order valence-electron chi connectivity index (χ1n) is 12.2. The van der Waals surface area contributed by atoms with Crippen molar-refractivity contribution in [2.45, 2.75) is 72.0 Å². The smallest absolute Gasteiger partial charge is 0.244 e.